The third-order valence-corrected chi connectivity index (χ3v) is 4.65. The Morgan fingerprint density at radius 2 is 1.95 bits per heavy atom. The summed E-state index contributed by atoms with van der Waals surface area (Å²) in [5, 5.41) is 3.22. The molecule has 1 aromatic carbocycles. The standard InChI is InChI=1S/C16H21NO2/c1-19-13-7-8-15-12(9-13)10-14(16(18)17-15)11-5-3-2-4-6-11/h2-6,12-15H,7-10H2,1H3,(H,17,18). The Hall–Kier alpha value is -1.35. The van der Waals surface area contributed by atoms with E-state index in [2.05, 4.69) is 17.4 Å². The predicted molar refractivity (Wildman–Crippen MR) is 73.9 cm³/mol. The minimum absolute atomic E-state index is 0.0121. The topological polar surface area (TPSA) is 38.3 Å². The van der Waals surface area contributed by atoms with Gasteiger partial charge in [-0.2, -0.15) is 0 Å². The van der Waals surface area contributed by atoms with Gasteiger partial charge in [0.15, 0.2) is 0 Å². The van der Waals surface area contributed by atoms with Crippen molar-refractivity contribution >= 4 is 5.91 Å². The van der Waals surface area contributed by atoms with E-state index in [1.807, 2.05) is 18.2 Å². The molecule has 0 spiro atoms. The molecular formula is C16H21NO2. The van der Waals surface area contributed by atoms with Gasteiger partial charge in [-0.25, -0.2) is 0 Å². The zero-order valence-corrected chi connectivity index (χ0v) is 11.3. The zero-order chi connectivity index (χ0) is 13.2. The Kier molecular flexibility index (Phi) is 3.56. The molecular weight excluding hydrogens is 238 g/mol. The summed E-state index contributed by atoms with van der Waals surface area (Å²) in [7, 11) is 1.79. The maximum atomic E-state index is 12.3. The van der Waals surface area contributed by atoms with Gasteiger partial charge in [0.1, 0.15) is 0 Å². The molecule has 4 atom stereocenters. The molecule has 3 heteroatoms. The van der Waals surface area contributed by atoms with Crippen molar-refractivity contribution in [1.29, 1.82) is 0 Å². The number of hydrogen-bond donors (Lipinski definition) is 1. The number of carbonyl (C=O) groups excluding carboxylic acids is 1. The van der Waals surface area contributed by atoms with E-state index in [1.54, 1.807) is 7.11 Å². The van der Waals surface area contributed by atoms with Crippen LogP contribution in [0.5, 0.6) is 0 Å². The lowest BCUT2D eigenvalue weighted by molar-refractivity contribution is -0.127. The van der Waals surface area contributed by atoms with E-state index in [1.165, 1.54) is 0 Å². The van der Waals surface area contributed by atoms with E-state index >= 15 is 0 Å². The quantitative estimate of drug-likeness (QED) is 0.886. The van der Waals surface area contributed by atoms with Crippen molar-refractivity contribution in [3.63, 3.8) is 0 Å². The molecule has 1 heterocycles. The number of amides is 1. The molecule has 1 aromatic rings. The van der Waals surface area contributed by atoms with Gasteiger partial charge in [0, 0.05) is 13.2 Å². The van der Waals surface area contributed by atoms with Crippen LogP contribution in [0.1, 0.15) is 37.2 Å². The van der Waals surface area contributed by atoms with Crippen LogP contribution < -0.4 is 5.32 Å². The first-order valence-electron chi connectivity index (χ1n) is 7.16. The van der Waals surface area contributed by atoms with Crippen molar-refractivity contribution in [2.24, 2.45) is 5.92 Å². The largest absolute Gasteiger partial charge is 0.381 e. The first-order chi connectivity index (χ1) is 9.28. The van der Waals surface area contributed by atoms with E-state index in [9.17, 15) is 4.79 Å². The van der Waals surface area contributed by atoms with Crippen LogP contribution in [0, 0.1) is 5.92 Å². The molecule has 1 N–H and O–H groups in total. The summed E-state index contributed by atoms with van der Waals surface area (Å²) in [6.07, 6.45) is 4.52. The molecule has 1 saturated carbocycles. The lowest BCUT2D eigenvalue weighted by Crippen LogP contribution is -2.51. The minimum Gasteiger partial charge on any atom is -0.381 e. The highest BCUT2D eigenvalue weighted by atomic mass is 16.5. The van der Waals surface area contributed by atoms with Gasteiger partial charge in [-0.3, -0.25) is 4.79 Å². The molecule has 3 rings (SSSR count). The van der Waals surface area contributed by atoms with Gasteiger partial charge < -0.3 is 10.1 Å². The number of carbonyl (C=O) groups is 1. The first kappa shape index (κ1) is 12.7. The van der Waals surface area contributed by atoms with Crippen molar-refractivity contribution in [3.8, 4) is 0 Å². The molecule has 1 aliphatic heterocycles. The number of methoxy groups -OCH3 is 1. The summed E-state index contributed by atoms with van der Waals surface area (Å²) in [4.78, 5) is 12.3. The van der Waals surface area contributed by atoms with Crippen molar-refractivity contribution in [2.45, 2.75) is 43.7 Å². The lowest BCUT2D eigenvalue weighted by atomic mass is 9.73. The van der Waals surface area contributed by atoms with Gasteiger partial charge in [-0.1, -0.05) is 30.3 Å². The van der Waals surface area contributed by atoms with E-state index in [4.69, 9.17) is 4.74 Å². The summed E-state index contributed by atoms with van der Waals surface area (Å²) in [5.41, 5.74) is 1.14. The molecule has 4 unspecified atom stereocenters. The van der Waals surface area contributed by atoms with Crippen LogP contribution in [0.15, 0.2) is 30.3 Å². The van der Waals surface area contributed by atoms with Crippen molar-refractivity contribution < 1.29 is 9.53 Å². The number of rotatable bonds is 2. The second-order valence-electron chi connectivity index (χ2n) is 5.74. The van der Waals surface area contributed by atoms with Crippen LogP contribution in [0.4, 0.5) is 0 Å². The third kappa shape index (κ3) is 2.52. The van der Waals surface area contributed by atoms with E-state index in [-0.39, 0.29) is 11.8 Å². The highest BCUT2D eigenvalue weighted by molar-refractivity contribution is 5.84. The summed E-state index contributed by atoms with van der Waals surface area (Å²) < 4.78 is 5.50. The smallest absolute Gasteiger partial charge is 0.227 e. The predicted octanol–water partition coefficient (Wildman–Crippen LogP) is 2.47. The Balaban J connectivity index is 1.76. The second-order valence-corrected chi connectivity index (χ2v) is 5.74. The van der Waals surface area contributed by atoms with E-state index < -0.39 is 0 Å². The number of benzene rings is 1. The minimum atomic E-state index is 0.0121. The van der Waals surface area contributed by atoms with Gasteiger partial charge in [-0.15, -0.1) is 0 Å². The Morgan fingerprint density at radius 3 is 2.68 bits per heavy atom. The lowest BCUT2D eigenvalue weighted by Gasteiger charge is -2.42. The molecule has 0 bridgehead atoms. The fourth-order valence-corrected chi connectivity index (χ4v) is 3.55. The van der Waals surface area contributed by atoms with Crippen LogP contribution in [-0.2, 0) is 9.53 Å². The fraction of sp³-hybridized carbons (Fsp3) is 0.562. The average Bonchev–Trinajstić information content (AvgIpc) is 2.47. The van der Waals surface area contributed by atoms with Gasteiger partial charge in [-0.05, 0) is 37.2 Å². The van der Waals surface area contributed by atoms with Gasteiger partial charge in [0.25, 0.3) is 0 Å². The molecule has 1 aliphatic carbocycles. The molecule has 2 aliphatic rings. The van der Waals surface area contributed by atoms with Crippen LogP contribution in [0.25, 0.3) is 0 Å². The van der Waals surface area contributed by atoms with Crippen molar-refractivity contribution in [1.82, 2.24) is 5.32 Å². The molecule has 3 nitrogen and oxygen atoms in total. The van der Waals surface area contributed by atoms with Crippen molar-refractivity contribution in [2.75, 3.05) is 7.11 Å². The van der Waals surface area contributed by atoms with Crippen molar-refractivity contribution in [3.05, 3.63) is 35.9 Å². The number of hydrogen-bond acceptors (Lipinski definition) is 2. The second kappa shape index (κ2) is 5.33. The molecule has 0 radical (unpaired) electrons. The number of ether oxygens (including phenoxy) is 1. The van der Waals surface area contributed by atoms with Crippen LogP contribution in [0.3, 0.4) is 0 Å². The zero-order valence-electron chi connectivity index (χ0n) is 11.3. The number of fused-ring (bicyclic) bond motifs is 1. The summed E-state index contributed by atoms with van der Waals surface area (Å²) in [5.74, 6) is 0.767. The van der Waals surface area contributed by atoms with Crippen LogP contribution in [-0.4, -0.2) is 25.2 Å². The molecule has 19 heavy (non-hydrogen) atoms. The first-order valence-corrected chi connectivity index (χ1v) is 7.16. The van der Waals surface area contributed by atoms with Gasteiger partial charge in [0.2, 0.25) is 5.91 Å². The summed E-state index contributed by atoms with van der Waals surface area (Å²) in [6.45, 7) is 0. The SMILES string of the molecule is COC1CCC2NC(=O)C(c3ccccc3)CC2C1. The highest BCUT2D eigenvalue weighted by Crippen LogP contribution is 2.38. The molecule has 0 aromatic heterocycles. The maximum absolute atomic E-state index is 12.3. The Morgan fingerprint density at radius 1 is 1.16 bits per heavy atom. The maximum Gasteiger partial charge on any atom is 0.227 e. The Labute approximate surface area is 114 Å². The van der Waals surface area contributed by atoms with Gasteiger partial charge in [0.05, 0.1) is 12.0 Å². The van der Waals surface area contributed by atoms with E-state index in [0.717, 1.165) is 31.2 Å². The van der Waals surface area contributed by atoms with Crippen LogP contribution >= 0.6 is 0 Å². The average molecular weight is 259 g/mol. The number of piperidine rings is 1. The third-order valence-electron chi connectivity index (χ3n) is 4.65. The fourth-order valence-electron chi connectivity index (χ4n) is 3.55. The van der Waals surface area contributed by atoms with Crippen LogP contribution in [0.2, 0.25) is 0 Å². The molecule has 2 fully saturated rings. The van der Waals surface area contributed by atoms with Gasteiger partial charge >= 0.3 is 0 Å². The monoisotopic (exact) mass is 259 g/mol. The Bertz CT molecular complexity index is 445. The molecule has 102 valence electrons. The van der Waals surface area contributed by atoms with E-state index in [0.29, 0.717) is 18.1 Å². The molecule has 1 saturated heterocycles. The number of nitrogens with one attached hydrogen (secondary N) is 1. The normalized spacial score (nSPS) is 34.5. The molecule has 1 amide bonds. The summed E-state index contributed by atoms with van der Waals surface area (Å²) >= 11 is 0. The highest BCUT2D eigenvalue weighted by Gasteiger charge is 2.39. The summed E-state index contributed by atoms with van der Waals surface area (Å²) in [6, 6.07) is 10.5.